The van der Waals surface area contributed by atoms with Crippen molar-refractivity contribution < 1.29 is 4.79 Å². The number of aromatic nitrogens is 1. The molecule has 3 nitrogen and oxygen atoms in total. The van der Waals surface area contributed by atoms with Gasteiger partial charge in [-0.1, -0.05) is 72.4 Å². The number of rotatable bonds is 7. The zero-order chi connectivity index (χ0) is 18.4. The molecule has 2 aromatic carbocycles. The first kappa shape index (κ1) is 18.7. The van der Waals surface area contributed by atoms with E-state index in [4.69, 9.17) is 0 Å². The van der Waals surface area contributed by atoms with Crippen molar-refractivity contribution >= 4 is 29.0 Å². The largest absolute Gasteiger partial charge is 0.333 e. The minimum atomic E-state index is -0.173. The van der Waals surface area contributed by atoms with Gasteiger partial charge in [0.1, 0.15) is 0 Å². The summed E-state index contributed by atoms with van der Waals surface area (Å²) in [5.74, 6) is 0.135. The van der Waals surface area contributed by atoms with E-state index in [1.807, 2.05) is 60.5 Å². The maximum absolute atomic E-state index is 13.1. The van der Waals surface area contributed by atoms with Crippen molar-refractivity contribution in [3.05, 3.63) is 82.9 Å². The quantitative estimate of drug-likeness (QED) is 0.529. The molecule has 0 radical (unpaired) electrons. The van der Waals surface area contributed by atoms with Crippen LogP contribution in [0.1, 0.15) is 23.7 Å². The topological polar surface area (TPSA) is 33.2 Å². The van der Waals surface area contributed by atoms with Crippen LogP contribution in [0.3, 0.4) is 0 Å². The zero-order valence-electron chi connectivity index (χ0n) is 15.0. The lowest BCUT2D eigenvalue weighted by atomic mass is 10.1. The standard InChI is InChI=1S/C21H22N2OS2/c1-16-15-25-21(22-16)26-17(2)20(24)23(13-18-9-5-3-6-10-18)14-19-11-7-4-8-12-19/h3-12,15,17H,13-14H2,1-2H3. The fraction of sp³-hybridized carbons (Fsp3) is 0.238. The van der Waals surface area contributed by atoms with Gasteiger partial charge in [0, 0.05) is 24.2 Å². The number of hydrogen-bond donors (Lipinski definition) is 0. The van der Waals surface area contributed by atoms with Crippen molar-refractivity contribution in [2.75, 3.05) is 0 Å². The number of carbonyl (C=O) groups is 1. The maximum Gasteiger partial charge on any atom is 0.236 e. The van der Waals surface area contributed by atoms with E-state index < -0.39 is 0 Å². The Morgan fingerprint density at radius 3 is 2.04 bits per heavy atom. The van der Waals surface area contributed by atoms with Gasteiger partial charge in [-0.15, -0.1) is 11.3 Å². The van der Waals surface area contributed by atoms with Gasteiger partial charge >= 0.3 is 0 Å². The number of amides is 1. The molecule has 0 N–H and O–H groups in total. The molecule has 134 valence electrons. The van der Waals surface area contributed by atoms with Crippen LogP contribution in [0.25, 0.3) is 0 Å². The molecule has 0 fully saturated rings. The summed E-state index contributed by atoms with van der Waals surface area (Å²) in [6.07, 6.45) is 0. The Morgan fingerprint density at radius 1 is 1.04 bits per heavy atom. The van der Waals surface area contributed by atoms with Crippen LogP contribution in [-0.4, -0.2) is 21.0 Å². The van der Waals surface area contributed by atoms with E-state index in [-0.39, 0.29) is 11.2 Å². The van der Waals surface area contributed by atoms with Gasteiger partial charge < -0.3 is 4.90 Å². The molecule has 3 aromatic rings. The van der Waals surface area contributed by atoms with E-state index in [9.17, 15) is 4.79 Å². The number of nitrogens with zero attached hydrogens (tertiary/aromatic N) is 2. The summed E-state index contributed by atoms with van der Waals surface area (Å²) >= 11 is 3.13. The molecule has 0 saturated carbocycles. The number of hydrogen-bond acceptors (Lipinski definition) is 4. The van der Waals surface area contributed by atoms with E-state index >= 15 is 0 Å². The number of aryl methyl sites for hydroxylation is 1. The molecular weight excluding hydrogens is 360 g/mol. The highest BCUT2D eigenvalue weighted by atomic mass is 32.2. The average Bonchev–Trinajstić information content (AvgIpc) is 3.07. The highest BCUT2D eigenvalue weighted by Crippen LogP contribution is 2.28. The van der Waals surface area contributed by atoms with Gasteiger partial charge in [-0.3, -0.25) is 4.79 Å². The van der Waals surface area contributed by atoms with Crippen molar-refractivity contribution in [3.63, 3.8) is 0 Å². The number of thiazole rings is 1. The maximum atomic E-state index is 13.1. The number of benzene rings is 2. The summed E-state index contributed by atoms with van der Waals surface area (Å²) in [7, 11) is 0. The Bertz CT molecular complexity index is 792. The van der Waals surface area contributed by atoms with Crippen LogP contribution < -0.4 is 0 Å². The summed E-state index contributed by atoms with van der Waals surface area (Å²) in [5.41, 5.74) is 3.28. The predicted molar refractivity (Wildman–Crippen MR) is 109 cm³/mol. The van der Waals surface area contributed by atoms with Gasteiger partial charge in [0.25, 0.3) is 0 Å². The Labute approximate surface area is 163 Å². The first-order chi connectivity index (χ1) is 12.6. The van der Waals surface area contributed by atoms with E-state index in [1.165, 1.54) is 11.8 Å². The minimum absolute atomic E-state index is 0.135. The third kappa shape index (κ3) is 5.19. The average molecular weight is 383 g/mol. The van der Waals surface area contributed by atoms with E-state index in [1.54, 1.807) is 11.3 Å². The van der Waals surface area contributed by atoms with Gasteiger partial charge in [-0.05, 0) is 25.0 Å². The summed E-state index contributed by atoms with van der Waals surface area (Å²) in [4.78, 5) is 19.5. The molecular formula is C21H22N2OS2. The molecule has 1 aromatic heterocycles. The van der Waals surface area contributed by atoms with Gasteiger partial charge in [-0.2, -0.15) is 0 Å². The molecule has 5 heteroatoms. The molecule has 0 aliphatic rings. The monoisotopic (exact) mass is 382 g/mol. The van der Waals surface area contributed by atoms with E-state index in [2.05, 4.69) is 29.2 Å². The first-order valence-corrected chi connectivity index (χ1v) is 10.3. The molecule has 0 aliphatic carbocycles. The third-order valence-electron chi connectivity index (χ3n) is 3.97. The van der Waals surface area contributed by atoms with Gasteiger partial charge in [0.2, 0.25) is 5.91 Å². The number of carbonyl (C=O) groups excluding carboxylic acids is 1. The molecule has 0 saturated heterocycles. The Kier molecular flexibility index (Phi) is 6.47. The van der Waals surface area contributed by atoms with Gasteiger partial charge in [0.05, 0.1) is 5.25 Å². The molecule has 1 amide bonds. The predicted octanol–water partition coefficient (Wildman–Crippen LogP) is 5.16. The highest BCUT2D eigenvalue weighted by molar-refractivity contribution is 8.02. The van der Waals surface area contributed by atoms with Gasteiger partial charge in [-0.25, -0.2) is 4.98 Å². The molecule has 1 heterocycles. The molecule has 3 rings (SSSR count). The van der Waals surface area contributed by atoms with Crippen LogP contribution in [0.4, 0.5) is 0 Å². The SMILES string of the molecule is Cc1csc(SC(C)C(=O)N(Cc2ccccc2)Cc2ccccc2)n1. The second kappa shape index (κ2) is 9.01. The smallest absolute Gasteiger partial charge is 0.236 e. The Hall–Kier alpha value is -2.11. The molecule has 1 atom stereocenters. The molecule has 26 heavy (non-hydrogen) atoms. The van der Waals surface area contributed by atoms with Crippen LogP contribution in [-0.2, 0) is 17.9 Å². The number of thioether (sulfide) groups is 1. The van der Waals surface area contributed by atoms with Crippen molar-refractivity contribution in [2.24, 2.45) is 0 Å². The fourth-order valence-corrected chi connectivity index (χ4v) is 4.73. The lowest BCUT2D eigenvalue weighted by molar-refractivity contribution is -0.131. The second-order valence-corrected chi connectivity index (χ2v) is 8.63. The van der Waals surface area contributed by atoms with Crippen LogP contribution in [0.2, 0.25) is 0 Å². The molecule has 0 spiro atoms. The Morgan fingerprint density at radius 2 is 1.58 bits per heavy atom. The van der Waals surface area contributed by atoms with Gasteiger partial charge in [0.15, 0.2) is 4.34 Å². The summed E-state index contributed by atoms with van der Waals surface area (Å²) < 4.78 is 0.947. The third-order valence-corrected chi connectivity index (χ3v) is 6.14. The van der Waals surface area contributed by atoms with Crippen LogP contribution >= 0.6 is 23.1 Å². The Balaban J connectivity index is 1.75. The summed E-state index contributed by atoms with van der Waals surface area (Å²) in [6, 6.07) is 20.3. The zero-order valence-corrected chi connectivity index (χ0v) is 16.6. The summed E-state index contributed by atoms with van der Waals surface area (Å²) in [6.45, 7) is 5.16. The fourth-order valence-electron chi connectivity index (χ4n) is 2.66. The van der Waals surface area contributed by atoms with Crippen molar-refractivity contribution in [2.45, 2.75) is 36.5 Å². The van der Waals surface area contributed by atoms with Crippen molar-refractivity contribution in [3.8, 4) is 0 Å². The molecule has 0 aliphatic heterocycles. The highest BCUT2D eigenvalue weighted by Gasteiger charge is 2.23. The molecule has 0 bridgehead atoms. The van der Waals surface area contributed by atoms with Crippen LogP contribution in [0.15, 0.2) is 70.4 Å². The van der Waals surface area contributed by atoms with E-state index in [0.29, 0.717) is 13.1 Å². The first-order valence-electron chi connectivity index (χ1n) is 8.57. The molecule has 1 unspecified atom stereocenters. The van der Waals surface area contributed by atoms with Crippen LogP contribution in [0, 0.1) is 6.92 Å². The van der Waals surface area contributed by atoms with Crippen molar-refractivity contribution in [1.82, 2.24) is 9.88 Å². The second-order valence-electron chi connectivity index (χ2n) is 6.18. The normalized spacial score (nSPS) is 11.9. The van der Waals surface area contributed by atoms with E-state index in [0.717, 1.165) is 21.2 Å². The summed E-state index contributed by atoms with van der Waals surface area (Å²) in [5, 5.41) is 1.85. The van der Waals surface area contributed by atoms with Crippen LogP contribution in [0.5, 0.6) is 0 Å². The lowest BCUT2D eigenvalue weighted by Crippen LogP contribution is -2.35. The van der Waals surface area contributed by atoms with Crippen molar-refractivity contribution in [1.29, 1.82) is 0 Å². The minimum Gasteiger partial charge on any atom is -0.333 e. The lowest BCUT2D eigenvalue weighted by Gasteiger charge is -2.25.